The predicted octanol–water partition coefficient (Wildman–Crippen LogP) is 10.2. The van der Waals surface area contributed by atoms with Crippen LogP contribution in [0.25, 0.3) is 5.57 Å². The lowest BCUT2D eigenvalue weighted by atomic mass is 9.59. The highest BCUT2D eigenvalue weighted by molar-refractivity contribution is 6.74. The Bertz CT molecular complexity index is 1260. The molecule has 3 nitrogen and oxygen atoms in total. The Morgan fingerprint density at radius 1 is 0.975 bits per heavy atom. The normalized spacial score (nSPS) is 21.5. The number of aromatic nitrogens is 1. The molecule has 0 aliphatic heterocycles. The second-order valence-electron chi connectivity index (χ2n) is 15.2. The number of hydrogen-bond donors (Lipinski definition) is 1. The van der Waals surface area contributed by atoms with Crippen LogP contribution < -0.4 is 0 Å². The van der Waals surface area contributed by atoms with E-state index in [-0.39, 0.29) is 17.1 Å². The van der Waals surface area contributed by atoms with Gasteiger partial charge < -0.3 is 9.53 Å². The van der Waals surface area contributed by atoms with E-state index in [0.29, 0.717) is 11.3 Å². The number of allylic oxidation sites excluding steroid dienone is 2. The molecule has 0 unspecified atom stereocenters. The van der Waals surface area contributed by atoms with E-state index >= 15 is 0 Å². The molecule has 0 bridgehead atoms. The average molecular weight is 560 g/mol. The molecular weight excluding hydrogens is 506 g/mol. The molecule has 3 aliphatic rings. The monoisotopic (exact) mass is 559 g/mol. The van der Waals surface area contributed by atoms with Crippen LogP contribution >= 0.6 is 0 Å². The number of pyridine rings is 1. The lowest BCUT2D eigenvalue weighted by Crippen LogP contribution is -2.46. The molecule has 3 aliphatic carbocycles. The zero-order valence-corrected chi connectivity index (χ0v) is 27.7. The molecule has 5 rings (SSSR count). The molecule has 1 fully saturated rings. The molecule has 1 heterocycles. The van der Waals surface area contributed by atoms with E-state index in [9.17, 15) is 5.11 Å². The van der Waals surface area contributed by atoms with Gasteiger partial charge in [0.05, 0.1) is 6.10 Å². The molecule has 1 N–H and O–H groups in total. The third kappa shape index (κ3) is 5.41. The molecule has 0 radical (unpaired) electrons. The SMILES string of the molecule is CC(C)c1ccc([C@@H](O)c2c(C(C)C)nc3c(c2C2=CCCC2)[C@@H](O[Si](C)(C)C(C)(C)C)CC2(CCC2)C3)cc1. The third-order valence-corrected chi connectivity index (χ3v) is 15.1. The van der Waals surface area contributed by atoms with Crippen LogP contribution in [0.3, 0.4) is 0 Å². The van der Waals surface area contributed by atoms with E-state index in [2.05, 4.69) is 91.9 Å². The summed E-state index contributed by atoms with van der Waals surface area (Å²) in [5.74, 6) is 0.693. The smallest absolute Gasteiger partial charge is 0.192 e. The second kappa shape index (κ2) is 10.8. The fourth-order valence-corrected chi connectivity index (χ4v) is 8.23. The van der Waals surface area contributed by atoms with Crippen molar-refractivity contribution in [2.75, 3.05) is 0 Å². The predicted molar refractivity (Wildman–Crippen MR) is 170 cm³/mol. The molecule has 40 heavy (non-hydrogen) atoms. The van der Waals surface area contributed by atoms with Gasteiger partial charge in [-0.15, -0.1) is 0 Å². The third-order valence-electron chi connectivity index (χ3n) is 10.6. The maximum absolute atomic E-state index is 12.2. The van der Waals surface area contributed by atoms with Gasteiger partial charge in [-0.3, -0.25) is 4.98 Å². The van der Waals surface area contributed by atoms with Gasteiger partial charge in [0.1, 0.15) is 6.10 Å². The number of rotatable bonds is 7. The minimum Gasteiger partial charge on any atom is -0.410 e. The van der Waals surface area contributed by atoms with Crippen LogP contribution in [-0.4, -0.2) is 18.4 Å². The van der Waals surface area contributed by atoms with E-state index in [1.54, 1.807) is 0 Å². The molecule has 0 saturated heterocycles. The van der Waals surface area contributed by atoms with Crippen LogP contribution in [0.2, 0.25) is 18.1 Å². The summed E-state index contributed by atoms with van der Waals surface area (Å²) in [6.45, 7) is 20.7. The Morgan fingerprint density at radius 3 is 2.12 bits per heavy atom. The first-order valence-electron chi connectivity index (χ1n) is 15.9. The molecule has 4 heteroatoms. The summed E-state index contributed by atoms with van der Waals surface area (Å²) < 4.78 is 7.37. The Labute approximate surface area is 245 Å². The highest BCUT2D eigenvalue weighted by atomic mass is 28.4. The molecule has 218 valence electrons. The topological polar surface area (TPSA) is 42.4 Å². The molecule has 1 saturated carbocycles. The van der Waals surface area contributed by atoms with Gasteiger partial charge in [-0.05, 0) is 103 Å². The fourth-order valence-electron chi connectivity index (χ4n) is 6.97. The number of fused-ring (bicyclic) bond motifs is 1. The van der Waals surface area contributed by atoms with E-state index < -0.39 is 14.4 Å². The summed E-state index contributed by atoms with van der Waals surface area (Å²) in [7, 11) is -2.05. The molecular formula is C36H53NO2Si. The minimum absolute atomic E-state index is 0.0458. The van der Waals surface area contributed by atoms with Gasteiger partial charge >= 0.3 is 0 Å². The van der Waals surface area contributed by atoms with E-state index in [1.807, 2.05) is 0 Å². The van der Waals surface area contributed by atoms with Gasteiger partial charge in [-0.2, -0.15) is 0 Å². The molecule has 1 aromatic carbocycles. The van der Waals surface area contributed by atoms with Crippen molar-refractivity contribution >= 4 is 13.9 Å². The van der Waals surface area contributed by atoms with Crippen LogP contribution in [-0.2, 0) is 10.8 Å². The van der Waals surface area contributed by atoms with Crippen LogP contribution in [0.1, 0.15) is 157 Å². The Kier molecular flexibility index (Phi) is 8.04. The van der Waals surface area contributed by atoms with Gasteiger partial charge in [0.15, 0.2) is 8.32 Å². The Morgan fingerprint density at radius 2 is 1.62 bits per heavy atom. The highest BCUT2D eigenvalue weighted by Crippen LogP contribution is 2.58. The molecule has 2 aromatic rings. The van der Waals surface area contributed by atoms with Gasteiger partial charge in [0.2, 0.25) is 0 Å². The van der Waals surface area contributed by atoms with Crippen LogP contribution in [0.4, 0.5) is 0 Å². The van der Waals surface area contributed by atoms with E-state index in [1.165, 1.54) is 53.6 Å². The summed E-state index contributed by atoms with van der Waals surface area (Å²) in [6, 6.07) is 8.62. The van der Waals surface area contributed by atoms with Crippen molar-refractivity contribution in [3.63, 3.8) is 0 Å². The number of aliphatic hydroxyl groups excluding tert-OH is 1. The van der Waals surface area contributed by atoms with Crippen molar-refractivity contribution in [3.8, 4) is 0 Å². The summed E-state index contributed by atoms with van der Waals surface area (Å²) in [5, 5.41) is 12.3. The zero-order chi connectivity index (χ0) is 29.0. The van der Waals surface area contributed by atoms with Crippen molar-refractivity contribution in [3.05, 3.63) is 69.5 Å². The Balaban J connectivity index is 1.74. The van der Waals surface area contributed by atoms with Gasteiger partial charge in [-0.1, -0.05) is 85.2 Å². The van der Waals surface area contributed by atoms with Crippen LogP contribution in [0, 0.1) is 5.41 Å². The van der Waals surface area contributed by atoms with E-state index in [0.717, 1.165) is 42.5 Å². The lowest BCUT2D eigenvalue weighted by Gasteiger charge is -2.51. The van der Waals surface area contributed by atoms with Gasteiger partial charge in [0, 0.05) is 22.5 Å². The van der Waals surface area contributed by atoms with Crippen LogP contribution in [0.5, 0.6) is 0 Å². The standard InChI is InChI=1S/C36H53NO2Si/c1-23(2)25-15-17-27(18-16-25)34(38)32-30(26-13-10-11-14-26)31-28(37-33(32)24(3)4)21-36(19-12-20-36)22-29(31)39-40(8,9)35(5,6)7/h13,15-18,23-24,29,34,38H,10-12,14,19-22H2,1-9H3/t29-,34+/m0/s1. The molecule has 1 aromatic heterocycles. The van der Waals surface area contributed by atoms with Crippen molar-refractivity contribution < 1.29 is 9.53 Å². The van der Waals surface area contributed by atoms with E-state index in [4.69, 9.17) is 9.41 Å². The molecule has 0 amide bonds. The molecule has 2 atom stereocenters. The van der Waals surface area contributed by atoms with Crippen molar-refractivity contribution in [1.29, 1.82) is 0 Å². The lowest BCUT2D eigenvalue weighted by molar-refractivity contribution is 0.0296. The van der Waals surface area contributed by atoms with Crippen molar-refractivity contribution in [1.82, 2.24) is 4.98 Å². The largest absolute Gasteiger partial charge is 0.410 e. The maximum atomic E-state index is 12.2. The first-order valence-corrected chi connectivity index (χ1v) is 18.9. The zero-order valence-electron chi connectivity index (χ0n) is 26.7. The number of nitrogens with zero attached hydrogens (tertiary/aromatic N) is 1. The quantitative estimate of drug-likeness (QED) is 0.343. The number of hydrogen-bond acceptors (Lipinski definition) is 3. The fraction of sp³-hybridized carbons (Fsp3) is 0.639. The van der Waals surface area contributed by atoms with Gasteiger partial charge in [-0.25, -0.2) is 0 Å². The minimum atomic E-state index is -2.05. The summed E-state index contributed by atoms with van der Waals surface area (Å²) in [4.78, 5) is 5.51. The molecule has 1 spiro atoms. The highest BCUT2D eigenvalue weighted by Gasteiger charge is 2.49. The summed E-state index contributed by atoms with van der Waals surface area (Å²) in [6.07, 6.45) is 11.2. The van der Waals surface area contributed by atoms with Gasteiger partial charge in [0.25, 0.3) is 0 Å². The average Bonchev–Trinajstić information content (AvgIpc) is 3.40. The Hall–Kier alpha value is -1.75. The summed E-state index contributed by atoms with van der Waals surface area (Å²) in [5.41, 5.74) is 9.95. The first-order chi connectivity index (χ1) is 18.7. The van der Waals surface area contributed by atoms with Crippen molar-refractivity contribution in [2.45, 2.75) is 142 Å². The summed E-state index contributed by atoms with van der Waals surface area (Å²) >= 11 is 0. The van der Waals surface area contributed by atoms with Crippen molar-refractivity contribution in [2.24, 2.45) is 5.41 Å². The number of aliphatic hydroxyl groups is 1. The second-order valence-corrected chi connectivity index (χ2v) is 20.0. The first kappa shape index (κ1) is 29.7. The number of benzene rings is 1. The van der Waals surface area contributed by atoms with Crippen LogP contribution in [0.15, 0.2) is 30.3 Å². The maximum Gasteiger partial charge on any atom is 0.192 e.